The molecule has 102 valence electrons. The van der Waals surface area contributed by atoms with E-state index in [0.717, 1.165) is 17.1 Å². The molecule has 0 saturated heterocycles. The van der Waals surface area contributed by atoms with Crippen molar-refractivity contribution < 1.29 is 9.15 Å². The summed E-state index contributed by atoms with van der Waals surface area (Å²) in [7, 11) is 5.58. The van der Waals surface area contributed by atoms with Crippen LogP contribution in [0.1, 0.15) is 18.7 Å². The van der Waals surface area contributed by atoms with Gasteiger partial charge in [-0.2, -0.15) is 0 Å². The molecule has 19 heavy (non-hydrogen) atoms. The molecule has 0 aromatic carbocycles. The number of aromatic nitrogens is 1. The summed E-state index contributed by atoms with van der Waals surface area (Å²) in [6.45, 7) is 2.03. The zero-order chi connectivity index (χ0) is 13.8. The van der Waals surface area contributed by atoms with Gasteiger partial charge >= 0.3 is 0 Å². The van der Waals surface area contributed by atoms with E-state index in [1.807, 2.05) is 44.1 Å². The van der Waals surface area contributed by atoms with Crippen molar-refractivity contribution in [3.63, 3.8) is 0 Å². The fourth-order valence-electron chi connectivity index (χ4n) is 1.92. The summed E-state index contributed by atoms with van der Waals surface area (Å²) >= 11 is 0. The van der Waals surface area contributed by atoms with Gasteiger partial charge in [0.05, 0.1) is 25.1 Å². The zero-order valence-corrected chi connectivity index (χ0v) is 11.7. The van der Waals surface area contributed by atoms with Crippen molar-refractivity contribution in [2.75, 3.05) is 31.4 Å². The second-order valence-electron chi connectivity index (χ2n) is 4.49. The Balaban J connectivity index is 2.32. The number of furan rings is 1. The first-order valence-electron chi connectivity index (χ1n) is 6.13. The number of hydrogen-bond acceptors (Lipinski definition) is 5. The van der Waals surface area contributed by atoms with Crippen LogP contribution in [-0.4, -0.2) is 26.2 Å². The van der Waals surface area contributed by atoms with E-state index in [9.17, 15) is 0 Å². The summed E-state index contributed by atoms with van der Waals surface area (Å²) in [5.41, 5.74) is 1.88. The van der Waals surface area contributed by atoms with Crippen LogP contribution >= 0.6 is 0 Å². The molecule has 0 fully saturated rings. The lowest BCUT2D eigenvalue weighted by molar-refractivity contribution is 0.399. The smallest absolute Gasteiger partial charge is 0.239 e. The van der Waals surface area contributed by atoms with Crippen LogP contribution in [-0.2, 0) is 0 Å². The standard InChI is InChI=1S/C14H19N3O2/c1-10(12-6-5-9-19-12)16-13-11(17(2)3)7-8-15-14(13)18-4/h5-10,16H,1-4H3. The third kappa shape index (κ3) is 2.81. The van der Waals surface area contributed by atoms with Crippen LogP contribution in [0.3, 0.4) is 0 Å². The van der Waals surface area contributed by atoms with E-state index in [4.69, 9.17) is 9.15 Å². The Labute approximate surface area is 113 Å². The maximum atomic E-state index is 5.40. The minimum Gasteiger partial charge on any atom is -0.479 e. The lowest BCUT2D eigenvalue weighted by Crippen LogP contribution is -2.15. The number of pyridine rings is 1. The summed E-state index contributed by atoms with van der Waals surface area (Å²) in [6, 6.07) is 5.79. The first-order valence-corrected chi connectivity index (χ1v) is 6.13. The van der Waals surface area contributed by atoms with E-state index in [2.05, 4.69) is 10.3 Å². The van der Waals surface area contributed by atoms with Crippen molar-refractivity contribution in [2.45, 2.75) is 13.0 Å². The van der Waals surface area contributed by atoms with Gasteiger partial charge < -0.3 is 19.4 Å². The summed E-state index contributed by atoms with van der Waals surface area (Å²) in [5.74, 6) is 1.44. The van der Waals surface area contributed by atoms with Crippen molar-refractivity contribution in [3.05, 3.63) is 36.4 Å². The van der Waals surface area contributed by atoms with Gasteiger partial charge in [-0.3, -0.25) is 0 Å². The highest BCUT2D eigenvalue weighted by molar-refractivity contribution is 5.74. The van der Waals surface area contributed by atoms with Gasteiger partial charge in [-0.25, -0.2) is 4.98 Å². The second-order valence-corrected chi connectivity index (χ2v) is 4.49. The van der Waals surface area contributed by atoms with E-state index in [-0.39, 0.29) is 6.04 Å². The van der Waals surface area contributed by atoms with Crippen LogP contribution in [0.4, 0.5) is 11.4 Å². The predicted octanol–water partition coefficient (Wildman–Crippen LogP) is 2.92. The molecule has 0 bridgehead atoms. The van der Waals surface area contributed by atoms with Crippen molar-refractivity contribution in [2.24, 2.45) is 0 Å². The molecule has 0 aliphatic carbocycles. The van der Waals surface area contributed by atoms with E-state index >= 15 is 0 Å². The number of ether oxygens (including phenoxy) is 1. The molecular weight excluding hydrogens is 242 g/mol. The number of anilines is 2. The minimum absolute atomic E-state index is 0.0341. The highest BCUT2D eigenvalue weighted by Gasteiger charge is 2.16. The largest absolute Gasteiger partial charge is 0.479 e. The van der Waals surface area contributed by atoms with Crippen LogP contribution in [0, 0.1) is 0 Å². The average molecular weight is 261 g/mol. The third-order valence-electron chi connectivity index (χ3n) is 2.90. The molecule has 0 radical (unpaired) electrons. The van der Waals surface area contributed by atoms with Crippen molar-refractivity contribution in [1.82, 2.24) is 4.98 Å². The molecule has 1 atom stereocenters. The SMILES string of the molecule is COc1nccc(N(C)C)c1NC(C)c1ccco1. The maximum Gasteiger partial charge on any atom is 0.239 e. The Bertz CT molecular complexity index is 523. The number of hydrogen-bond donors (Lipinski definition) is 1. The monoisotopic (exact) mass is 261 g/mol. The predicted molar refractivity (Wildman–Crippen MR) is 75.9 cm³/mol. The van der Waals surface area contributed by atoms with Gasteiger partial charge in [-0.15, -0.1) is 0 Å². The fraction of sp³-hybridized carbons (Fsp3) is 0.357. The second kappa shape index (κ2) is 5.65. The van der Waals surface area contributed by atoms with E-state index < -0.39 is 0 Å². The molecule has 1 N–H and O–H groups in total. The number of rotatable bonds is 5. The Morgan fingerprint density at radius 1 is 1.37 bits per heavy atom. The Morgan fingerprint density at radius 2 is 2.16 bits per heavy atom. The van der Waals surface area contributed by atoms with Crippen molar-refractivity contribution >= 4 is 11.4 Å². The summed E-state index contributed by atoms with van der Waals surface area (Å²) < 4.78 is 10.7. The van der Waals surface area contributed by atoms with E-state index in [1.54, 1.807) is 19.6 Å². The first-order chi connectivity index (χ1) is 9.13. The number of methoxy groups -OCH3 is 1. The molecule has 0 aliphatic heterocycles. The topological polar surface area (TPSA) is 50.5 Å². The van der Waals surface area contributed by atoms with Gasteiger partial charge in [0.25, 0.3) is 0 Å². The fourth-order valence-corrected chi connectivity index (χ4v) is 1.92. The van der Waals surface area contributed by atoms with Gasteiger partial charge in [0.1, 0.15) is 11.4 Å². The molecule has 1 unspecified atom stereocenters. The van der Waals surface area contributed by atoms with Crippen LogP contribution in [0.2, 0.25) is 0 Å². The Morgan fingerprint density at radius 3 is 2.74 bits per heavy atom. The maximum absolute atomic E-state index is 5.40. The van der Waals surface area contributed by atoms with Crippen LogP contribution in [0.15, 0.2) is 35.1 Å². The van der Waals surface area contributed by atoms with Crippen LogP contribution in [0.5, 0.6) is 5.88 Å². The normalized spacial score (nSPS) is 12.0. The van der Waals surface area contributed by atoms with E-state index in [1.165, 1.54) is 0 Å². The van der Waals surface area contributed by atoms with Gasteiger partial charge in [0, 0.05) is 20.3 Å². The van der Waals surface area contributed by atoms with Gasteiger partial charge in [0.15, 0.2) is 0 Å². The number of nitrogens with one attached hydrogen (secondary N) is 1. The molecule has 0 aliphatic rings. The Hall–Kier alpha value is -2.17. The zero-order valence-electron chi connectivity index (χ0n) is 11.7. The molecule has 2 heterocycles. The molecule has 0 saturated carbocycles. The van der Waals surface area contributed by atoms with Gasteiger partial charge in [0.2, 0.25) is 5.88 Å². The molecule has 5 nitrogen and oxygen atoms in total. The number of nitrogens with zero attached hydrogens (tertiary/aromatic N) is 2. The quantitative estimate of drug-likeness (QED) is 0.896. The molecule has 5 heteroatoms. The summed E-state index contributed by atoms with van der Waals surface area (Å²) in [5, 5.41) is 3.39. The molecule has 2 rings (SSSR count). The third-order valence-corrected chi connectivity index (χ3v) is 2.90. The van der Waals surface area contributed by atoms with Crippen molar-refractivity contribution in [1.29, 1.82) is 0 Å². The highest BCUT2D eigenvalue weighted by atomic mass is 16.5. The molecule has 2 aromatic heterocycles. The lowest BCUT2D eigenvalue weighted by Gasteiger charge is -2.22. The summed E-state index contributed by atoms with van der Waals surface area (Å²) in [4.78, 5) is 6.25. The molecule has 0 spiro atoms. The first kappa shape index (κ1) is 13.3. The van der Waals surface area contributed by atoms with Crippen LogP contribution in [0.25, 0.3) is 0 Å². The molecule has 0 amide bonds. The van der Waals surface area contributed by atoms with Gasteiger partial charge in [-0.05, 0) is 25.1 Å². The Kier molecular flexibility index (Phi) is 3.94. The van der Waals surface area contributed by atoms with Gasteiger partial charge in [-0.1, -0.05) is 0 Å². The van der Waals surface area contributed by atoms with E-state index in [0.29, 0.717) is 5.88 Å². The minimum atomic E-state index is 0.0341. The lowest BCUT2D eigenvalue weighted by atomic mass is 10.2. The molecular formula is C14H19N3O2. The molecule has 2 aromatic rings. The summed E-state index contributed by atoms with van der Waals surface area (Å²) in [6.07, 6.45) is 3.40. The highest BCUT2D eigenvalue weighted by Crippen LogP contribution is 2.34. The van der Waals surface area contributed by atoms with Crippen molar-refractivity contribution in [3.8, 4) is 5.88 Å². The van der Waals surface area contributed by atoms with Crippen LogP contribution < -0.4 is 15.0 Å². The average Bonchev–Trinajstić information content (AvgIpc) is 2.92.